The van der Waals surface area contributed by atoms with E-state index in [1.807, 2.05) is 61.5 Å². The molecule has 0 fully saturated rings. The normalized spacial score (nSPS) is 10.6. The third kappa shape index (κ3) is 4.62. The van der Waals surface area contributed by atoms with Crippen LogP contribution in [-0.2, 0) is 11.4 Å². The van der Waals surface area contributed by atoms with Crippen molar-refractivity contribution in [2.45, 2.75) is 20.5 Å². The van der Waals surface area contributed by atoms with E-state index >= 15 is 0 Å². The summed E-state index contributed by atoms with van der Waals surface area (Å²) in [6, 6.07) is 18.0. The number of hydrogen-bond acceptors (Lipinski definition) is 2. The van der Waals surface area contributed by atoms with E-state index < -0.39 is 0 Å². The van der Waals surface area contributed by atoms with Crippen molar-refractivity contribution in [3.63, 3.8) is 0 Å². The van der Waals surface area contributed by atoms with E-state index in [1.165, 1.54) is 5.56 Å². The summed E-state index contributed by atoms with van der Waals surface area (Å²) in [7, 11) is 0. The first-order chi connectivity index (χ1) is 9.74. The SMILES string of the molecule is CC(C#Cc1ccc(C)cc1)=NOCc1ccccc1. The molecule has 0 unspecified atom stereocenters. The highest BCUT2D eigenvalue weighted by molar-refractivity contribution is 5.98. The minimum absolute atomic E-state index is 0.463. The zero-order valence-electron chi connectivity index (χ0n) is 11.8. The van der Waals surface area contributed by atoms with Gasteiger partial charge in [0.2, 0.25) is 0 Å². The molecule has 0 radical (unpaired) electrons. The van der Waals surface area contributed by atoms with Crippen LogP contribution >= 0.6 is 0 Å². The second-order valence-electron chi connectivity index (χ2n) is 4.55. The number of hydrogen-bond donors (Lipinski definition) is 0. The highest BCUT2D eigenvalue weighted by atomic mass is 16.6. The van der Waals surface area contributed by atoms with Crippen LogP contribution < -0.4 is 0 Å². The molecule has 0 heterocycles. The molecular formula is C18H17NO. The Balaban J connectivity index is 1.90. The van der Waals surface area contributed by atoms with E-state index in [2.05, 4.69) is 23.9 Å². The van der Waals surface area contributed by atoms with Gasteiger partial charge in [0, 0.05) is 5.56 Å². The smallest absolute Gasteiger partial charge is 0.142 e. The van der Waals surface area contributed by atoms with Gasteiger partial charge in [0.05, 0.1) is 0 Å². The lowest BCUT2D eigenvalue weighted by molar-refractivity contribution is 0.131. The van der Waals surface area contributed by atoms with Crippen LogP contribution in [-0.4, -0.2) is 5.71 Å². The second-order valence-corrected chi connectivity index (χ2v) is 4.55. The Morgan fingerprint density at radius 3 is 2.45 bits per heavy atom. The molecule has 2 aromatic rings. The minimum Gasteiger partial charge on any atom is -0.390 e. The third-order valence-corrected chi connectivity index (χ3v) is 2.71. The highest BCUT2D eigenvalue weighted by Crippen LogP contribution is 2.02. The molecule has 0 bridgehead atoms. The van der Waals surface area contributed by atoms with Crippen molar-refractivity contribution in [3.8, 4) is 11.8 Å². The Morgan fingerprint density at radius 2 is 1.75 bits per heavy atom. The molecule has 0 aliphatic carbocycles. The maximum absolute atomic E-state index is 5.27. The van der Waals surface area contributed by atoms with Gasteiger partial charge in [-0.05, 0) is 37.5 Å². The summed E-state index contributed by atoms with van der Waals surface area (Å²) in [4.78, 5) is 5.27. The standard InChI is InChI=1S/C18H17NO/c1-15-8-11-17(12-9-15)13-10-16(2)19-20-14-18-6-4-3-5-7-18/h3-9,11-12H,14H2,1-2H3. The van der Waals surface area contributed by atoms with Crippen molar-refractivity contribution in [1.29, 1.82) is 0 Å². The molecule has 20 heavy (non-hydrogen) atoms. The molecular weight excluding hydrogens is 246 g/mol. The van der Waals surface area contributed by atoms with Crippen LogP contribution in [0, 0.1) is 18.8 Å². The lowest BCUT2D eigenvalue weighted by atomic mass is 10.1. The molecule has 2 nitrogen and oxygen atoms in total. The van der Waals surface area contributed by atoms with Crippen LogP contribution in [0.25, 0.3) is 0 Å². The van der Waals surface area contributed by atoms with Crippen molar-refractivity contribution in [2.75, 3.05) is 0 Å². The molecule has 0 saturated carbocycles. The molecule has 0 saturated heterocycles. The summed E-state index contributed by atoms with van der Waals surface area (Å²) in [6.45, 7) is 4.36. The largest absolute Gasteiger partial charge is 0.390 e. The fourth-order valence-electron chi connectivity index (χ4n) is 1.60. The minimum atomic E-state index is 0.463. The van der Waals surface area contributed by atoms with Gasteiger partial charge in [-0.25, -0.2) is 0 Å². The molecule has 2 aromatic carbocycles. The van der Waals surface area contributed by atoms with E-state index in [-0.39, 0.29) is 0 Å². The van der Waals surface area contributed by atoms with Crippen LogP contribution in [0.4, 0.5) is 0 Å². The van der Waals surface area contributed by atoms with Gasteiger partial charge in [0.15, 0.2) is 0 Å². The van der Waals surface area contributed by atoms with Crippen molar-refractivity contribution in [3.05, 3.63) is 71.3 Å². The molecule has 2 heteroatoms. The number of aryl methyl sites for hydroxylation is 1. The van der Waals surface area contributed by atoms with E-state index in [0.717, 1.165) is 11.1 Å². The Morgan fingerprint density at radius 1 is 1.05 bits per heavy atom. The molecule has 0 aromatic heterocycles. The van der Waals surface area contributed by atoms with E-state index in [4.69, 9.17) is 4.84 Å². The lowest BCUT2D eigenvalue weighted by Gasteiger charge is -1.98. The van der Waals surface area contributed by atoms with Gasteiger partial charge in [-0.2, -0.15) is 0 Å². The number of oxime groups is 1. The monoisotopic (exact) mass is 263 g/mol. The van der Waals surface area contributed by atoms with Gasteiger partial charge in [-0.15, -0.1) is 0 Å². The van der Waals surface area contributed by atoms with Crippen molar-refractivity contribution >= 4 is 5.71 Å². The molecule has 0 aliphatic rings. The van der Waals surface area contributed by atoms with Gasteiger partial charge in [-0.1, -0.05) is 59.1 Å². The van der Waals surface area contributed by atoms with Gasteiger partial charge in [0.25, 0.3) is 0 Å². The van der Waals surface area contributed by atoms with Gasteiger partial charge in [0.1, 0.15) is 12.3 Å². The molecule has 2 rings (SSSR count). The Bertz CT molecular complexity index is 631. The summed E-state index contributed by atoms with van der Waals surface area (Å²) in [5.41, 5.74) is 3.97. The van der Waals surface area contributed by atoms with Crippen LogP contribution in [0.1, 0.15) is 23.6 Å². The quantitative estimate of drug-likeness (QED) is 0.467. The van der Waals surface area contributed by atoms with Crippen molar-refractivity contribution in [2.24, 2.45) is 5.16 Å². The van der Waals surface area contributed by atoms with Crippen molar-refractivity contribution in [1.82, 2.24) is 0 Å². The first-order valence-corrected chi connectivity index (χ1v) is 6.53. The van der Waals surface area contributed by atoms with Crippen LogP contribution in [0.15, 0.2) is 59.8 Å². The number of rotatable bonds is 3. The Hall–Kier alpha value is -2.53. The summed E-state index contributed by atoms with van der Waals surface area (Å²) in [5, 5.41) is 4.00. The van der Waals surface area contributed by atoms with Gasteiger partial charge < -0.3 is 4.84 Å². The van der Waals surface area contributed by atoms with E-state index in [9.17, 15) is 0 Å². The predicted octanol–water partition coefficient (Wildman–Crippen LogP) is 3.94. The molecule has 0 amide bonds. The highest BCUT2D eigenvalue weighted by Gasteiger charge is 1.91. The lowest BCUT2D eigenvalue weighted by Crippen LogP contribution is -1.91. The average molecular weight is 263 g/mol. The number of nitrogens with zero attached hydrogens (tertiary/aromatic N) is 1. The fraction of sp³-hybridized carbons (Fsp3) is 0.167. The first-order valence-electron chi connectivity index (χ1n) is 6.53. The number of benzene rings is 2. The van der Waals surface area contributed by atoms with Crippen LogP contribution in [0.2, 0.25) is 0 Å². The summed E-state index contributed by atoms with van der Waals surface area (Å²) < 4.78 is 0. The fourth-order valence-corrected chi connectivity index (χ4v) is 1.60. The summed E-state index contributed by atoms with van der Waals surface area (Å²) >= 11 is 0. The summed E-state index contributed by atoms with van der Waals surface area (Å²) in [6.07, 6.45) is 0. The third-order valence-electron chi connectivity index (χ3n) is 2.71. The molecule has 0 aliphatic heterocycles. The van der Waals surface area contributed by atoms with Crippen LogP contribution in [0.3, 0.4) is 0 Å². The second kappa shape index (κ2) is 7.16. The van der Waals surface area contributed by atoms with Gasteiger partial charge in [-0.3, -0.25) is 0 Å². The Labute approximate surface area is 120 Å². The molecule has 100 valence electrons. The average Bonchev–Trinajstić information content (AvgIpc) is 2.48. The maximum atomic E-state index is 5.27. The molecule has 0 atom stereocenters. The predicted molar refractivity (Wildman–Crippen MR) is 82.4 cm³/mol. The first kappa shape index (κ1) is 13.9. The molecule has 0 N–H and O–H groups in total. The summed E-state index contributed by atoms with van der Waals surface area (Å²) in [5.74, 6) is 6.04. The molecule has 0 spiro atoms. The zero-order chi connectivity index (χ0) is 14.2. The van der Waals surface area contributed by atoms with Crippen LogP contribution in [0.5, 0.6) is 0 Å². The maximum Gasteiger partial charge on any atom is 0.142 e. The zero-order valence-corrected chi connectivity index (χ0v) is 11.8. The van der Waals surface area contributed by atoms with E-state index in [0.29, 0.717) is 12.3 Å². The Kier molecular flexibility index (Phi) is 4.97. The van der Waals surface area contributed by atoms with Gasteiger partial charge >= 0.3 is 0 Å². The topological polar surface area (TPSA) is 21.6 Å². The van der Waals surface area contributed by atoms with Crippen molar-refractivity contribution < 1.29 is 4.84 Å². The van der Waals surface area contributed by atoms with E-state index in [1.54, 1.807) is 0 Å².